The smallest absolute Gasteiger partial charge is 0.351 e. The van der Waals surface area contributed by atoms with E-state index in [2.05, 4.69) is 6.58 Å². The maximum atomic E-state index is 12.3. The van der Waals surface area contributed by atoms with Gasteiger partial charge in [0.05, 0.1) is 0 Å². The molecule has 0 unspecified atom stereocenters. The van der Waals surface area contributed by atoms with Crippen LogP contribution >= 0.6 is 0 Å². The zero-order valence-electron chi connectivity index (χ0n) is 12.1. The molecule has 0 spiro atoms. The standard InChI is InChI=1S/C17H17NO4/c1-2-10-21-14(8-9-18)16-13(19)11-15(22-17(16)20)12-6-4-3-5-7-12/h2-7,11H,1,8-10,18H2. The first-order chi connectivity index (χ1) is 10.7. The molecule has 1 aliphatic rings. The van der Waals surface area contributed by atoms with Crippen LogP contribution in [0.3, 0.4) is 0 Å². The van der Waals surface area contributed by atoms with Crippen molar-refractivity contribution >= 4 is 17.5 Å². The van der Waals surface area contributed by atoms with E-state index in [1.165, 1.54) is 12.2 Å². The van der Waals surface area contributed by atoms with Crippen molar-refractivity contribution in [1.29, 1.82) is 0 Å². The summed E-state index contributed by atoms with van der Waals surface area (Å²) in [4.78, 5) is 24.5. The van der Waals surface area contributed by atoms with E-state index in [-0.39, 0.29) is 36.7 Å². The SMILES string of the molecule is C=CCOC(CCN)=C1C(=O)C=C(c2ccccc2)OC1=O. The van der Waals surface area contributed by atoms with E-state index in [0.29, 0.717) is 5.56 Å². The van der Waals surface area contributed by atoms with Crippen LogP contribution in [0.1, 0.15) is 12.0 Å². The molecular formula is C17H17NO4. The Morgan fingerprint density at radius 2 is 2.00 bits per heavy atom. The third-order valence-electron chi connectivity index (χ3n) is 3.00. The van der Waals surface area contributed by atoms with E-state index in [1.54, 1.807) is 24.3 Å². The summed E-state index contributed by atoms with van der Waals surface area (Å²) in [7, 11) is 0. The van der Waals surface area contributed by atoms with E-state index in [9.17, 15) is 9.59 Å². The topological polar surface area (TPSA) is 78.6 Å². The van der Waals surface area contributed by atoms with Crippen LogP contribution in [-0.4, -0.2) is 24.9 Å². The predicted octanol–water partition coefficient (Wildman–Crippen LogP) is 1.96. The minimum Gasteiger partial charge on any atom is -0.493 e. The zero-order valence-corrected chi connectivity index (χ0v) is 12.1. The molecule has 5 nitrogen and oxygen atoms in total. The lowest BCUT2D eigenvalue weighted by atomic mass is 10.0. The maximum absolute atomic E-state index is 12.3. The molecular weight excluding hydrogens is 282 g/mol. The lowest BCUT2D eigenvalue weighted by Gasteiger charge is -2.18. The average Bonchev–Trinajstić information content (AvgIpc) is 2.52. The average molecular weight is 299 g/mol. The first-order valence-electron chi connectivity index (χ1n) is 6.88. The monoisotopic (exact) mass is 299 g/mol. The first-order valence-corrected chi connectivity index (χ1v) is 6.88. The van der Waals surface area contributed by atoms with Gasteiger partial charge in [0.15, 0.2) is 5.78 Å². The van der Waals surface area contributed by atoms with Gasteiger partial charge in [0.25, 0.3) is 0 Å². The van der Waals surface area contributed by atoms with Crippen molar-refractivity contribution < 1.29 is 19.1 Å². The summed E-state index contributed by atoms with van der Waals surface area (Å²) in [6, 6.07) is 8.95. The number of carbonyl (C=O) groups excluding carboxylic acids is 2. The zero-order chi connectivity index (χ0) is 15.9. The second-order valence-electron chi connectivity index (χ2n) is 4.56. The van der Waals surface area contributed by atoms with Crippen molar-refractivity contribution in [3.8, 4) is 0 Å². The van der Waals surface area contributed by atoms with E-state index in [1.807, 2.05) is 6.07 Å². The Hall–Kier alpha value is -2.66. The quantitative estimate of drug-likeness (QED) is 0.285. The number of esters is 1. The fourth-order valence-corrected chi connectivity index (χ4v) is 2.03. The van der Waals surface area contributed by atoms with Crippen LogP contribution in [0.25, 0.3) is 5.76 Å². The summed E-state index contributed by atoms with van der Waals surface area (Å²) < 4.78 is 10.6. The summed E-state index contributed by atoms with van der Waals surface area (Å²) in [6.45, 7) is 3.98. The van der Waals surface area contributed by atoms with Crippen LogP contribution in [0, 0.1) is 0 Å². The molecule has 0 saturated carbocycles. The van der Waals surface area contributed by atoms with Gasteiger partial charge in [-0.1, -0.05) is 43.0 Å². The fraction of sp³-hybridized carbons (Fsp3) is 0.176. The Morgan fingerprint density at radius 1 is 1.27 bits per heavy atom. The molecule has 2 N–H and O–H groups in total. The van der Waals surface area contributed by atoms with Crippen LogP contribution in [0.2, 0.25) is 0 Å². The molecule has 0 saturated heterocycles. The highest BCUT2D eigenvalue weighted by atomic mass is 16.5. The molecule has 2 rings (SSSR count). The van der Waals surface area contributed by atoms with E-state index >= 15 is 0 Å². The van der Waals surface area contributed by atoms with Crippen molar-refractivity contribution in [3.05, 3.63) is 66.0 Å². The molecule has 0 aromatic heterocycles. The van der Waals surface area contributed by atoms with E-state index in [0.717, 1.165) is 0 Å². The predicted molar refractivity (Wildman–Crippen MR) is 82.4 cm³/mol. The van der Waals surface area contributed by atoms with Crippen LogP contribution in [-0.2, 0) is 19.1 Å². The number of cyclic esters (lactones) is 1. The lowest BCUT2D eigenvalue weighted by Crippen LogP contribution is -2.23. The Morgan fingerprint density at radius 3 is 2.59 bits per heavy atom. The molecule has 0 bridgehead atoms. The number of allylic oxidation sites excluding steroid dienone is 1. The van der Waals surface area contributed by atoms with Crippen molar-refractivity contribution in [3.63, 3.8) is 0 Å². The Balaban J connectivity index is 2.36. The molecule has 22 heavy (non-hydrogen) atoms. The Bertz CT molecular complexity index is 644. The maximum Gasteiger partial charge on any atom is 0.351 e. The van der Waals surface area contributed by atoms with Gasteiger partial charge in [0.2, 0.25) is 0 Å². The largest absolute Gasteiger partial charge is 0.493 e. The molecule has 0 amide bonds. The normalized spacial score (nSPS) is 16.7. The van der Waals surface area contributed by atoms with Crippen LogP contribution in [0.5, 0.6) is 0 Å². The molecule has 1 aromatic carbocycles. The van der Waals surface area contributed by atoms with Gasteiger partial charge in [0.1, 0.15) is 23.7 Å². The highest BCUT2D eigenvalue weighted by Crippen LogP contribution is 2.26. The fourth-order valence-electron chi connectivity index (χ4n) is 2.03. The number of carbonyl (C=O) groups is 2. The number of hydrogen-bond acceptors (Lipinski definition) is 5. The third-order valence-corrected chi connectivity index (χ3v) is 3.00. The van der Waals surface area contributed by atoms with Gasteiger partial charge in [-0.2, -0.15) is 0 Å². The molecule has 0 atom stereocenters. The van der Waals surface area contributed by atoms with Gasteiger partial charge < -0.3 is 15.2 Å². The van der Waals surface area contributed by atoms with Gasteiger partial charge >= 0.3 is 5.97 Å². The minimum atomic E-state index is -0.723. The number of ketones is 1. The van der Waals surface area contributed by atoms with Gasteiger partial charge in [-0.15, -0.1) is 0 Å². The van der Waals surface area contributed by atoms with E-state index < -0.39 is 11.8 Å². The summed E-state index contributed by atoms with van der Waals surface area (Å²) in [5, 5.41) is 0. The van der Waals surface area contributed by atoms with Crippen molar-refractivity contribution in [2.24, 2.45) is 5.73 Å². The molecule has 114 valence electrons. The van der Waals surface area contributed by atoms with Crippen molar-refractivity contribution in [2.45, 2.75) is 6.42 Å². The molecule has 0 aliphatic carbocycles. The number of rotatable bonds is 6. The lowest BCUT2D eigenvalue weighted by molar-refractivity contribution is -0.135. The van der Waals surface area contributed by atoms with Gasteiger partial charge in [-0.3, -0.25) is 4.79 Å². The molecule has 1 aromatic rings. The second kappa shape index (κ2) is 7.38. The number of hydrogen-bond donors (Lipinski definition) is 1. The van der Waals surface area contributed by atoms with Crippen LogP contribution in [0.15, 0.2) is 60.4 Å². The third kappa shape index (κ3) is 3.51. The van der Waals surface area contributed by atoms with Crippen LogP contribution < -0.4 is 5.73 Å². The number of benzene rings is 1. The molecule has 0 fully saturated rings. The number of nitrogens with two attached hydrogens (primary N) is 1. The van der Waals surface area contributed by atoms with Gasteiger partial charge in [0, 0.05) is 18.1 Å². The summed E-state index contributed by atoms with van der Waals surface area (Å²) >= 11 is 0. The van der Waals surface area contributed by atoms with Crippen molar-refractivity contribution in [1.82, 2.24) is 0 Å². The Labute approximate surface area is 128 Å². The molecule has 0 radical (unpaired) electrons. The minimum absolute atomic E-state index is 0.105. The highest BCUT2D eigenvalue weighted by Gasteiger charge is 2.30. The second-order valence-corrected chi connectivity index (χ2v) is 4.56. The molecule has 1 heterocycles. The summed E-state index contributed by atoms with van der Waals surface area (Å²) in [5.74, 6) is -0.697. The van der Waals surface area contributed by atoms with Crippen molar-refractivity contribution in [2.75, 3.05) is 13.2 Å². The number of ether oxygens (including phenoxy) is 2. The van der Waals surface area contributed by atoms with Gasteiger partial charge in [-0.05, 0) is 6.54 Å². The molecule has 5 heteroatoms. The summed E-state index contributed by atoms with van der Waals surface area (Å²) in [6.07, 6.45) is 3.10. The highest BCUT2D eigenvalue weighted by molar-refractivity contribution is 6.26. The van der Waals surface area contributed by atoms with Crippen LogP contribution in [0.4, 0.5) is 0 Å². The first kappa shape index (κ1) is 15.7. The van der Waals surface area contributed by atoms with Gasteiger partial charge in [-0.25, -0.2) is 4.79 Å². The Kier molecular flexibility index (Phi) is 5.27. The van der Waals surface area contributed by atoms with E-state index in [4.69, 9.17) is 15.2 Å². The molecule has 1 aliphatic heterocycles. The summed E-state index contributed by atoms with van der Waals surface area (Å²) in [5.41, 5.74) is 6.06.